The first kappa shape index (κ1) is 17.5. The van der Waals surface area contributed by atoms with Gasteiger partial charge in [0.15, 0.2) is 6.10 Å². The summed E-state index contributed by atoms with van der Waals surface area (Å²) in [6.45, 7) is 1.40. The predicted octanol–water partition coefficient (Wildman–Crippen LogP) is 1.49. The van der Waals surface area contributed by atoms with Gasteiger partial charge in [0, 0.05) is 17.7 Å². The molecule has 1 atom stereocenters. The second-order valence-corrected chi connectivity index (χ2v) is 6.83. The molecule has 7 nitrogen and oxygen atoms in total. The normalized spacial score (nSPS) is 12.4. The van der Waals surface area contributed by atoms with E-state index in [-0.39, 0.29) is 15.7 Å². The lowest BCUT2D eigenvalue weighted by molar-refractivity contribution is -0.126. The highest BCUT2D eigenvalue weighted by atomic mass is 35.7. The Bertz CT molecular complexity index is 663. The second-order valence-electron chi connectivity index (χ2n) is 3.86. The van der Waals surface area contributed by atoms with Gasteiger partial charge in [-0.25, -0.2) is 13.2 Å². The fraction of sp³-hybridized carbons (Fsp3) is 0.273. The standard InChI is InChI=1S/C11H12Cl2N2O5S/c1-6(10(16)15-11(17)14-2)20-9-4-3-7(5-8(9)12)21(13,18)19/h3-6H,1-2H3,(H2,14,15,16,17). The number of urea groups is 1. The molecular formula is C11H12Cl2N2O5S. The van der Waals surface area contributed by atoms with Gasteiger partial charge in [0.05, 0.1) is 9.92 Å². The van der Waals surface area contributed by atoms with Crippen molar-refractivity contribution in [1.82, 2.24) is 10.6 Å². The molecule has 0 saturated heterocycles. The Hall–Kier alpha value is -1.51. The Morgan fingerprint density at radius 1 is 1.33 bits per heavy atom. The lowest BCUT2D eigenvalue weighted by atomic mass is 10.3. The molecule has 0 aliphatic rings. The molecule has 0 fully saturated rings. The molecule has 3 amide bonds. The van der Waals surface area contributed by atoms with E-state index in [1.165, 1.54) is 26.1 Å². The van der Waals surface area contributed by atoms with Crippen molar-refractivity contribution < 1.29 is 22.7 Å². The van der Waals surface area contributed by atoms with Gasteiger partial charge in [0.25, 0.3) is 15.0 Å². The molecule has 10 heteroatoms. The fourth-order valence-electron chi connectivity index (χ4n) is 1.25. The van der Waals surface area contributed by atoms with E-state index in [2.05, 4.69) is 5.32 Å². The van der Waals surface area contributed by atoms with Crippen LogP contribution in [0.3, 0.4) is 0 Å². The summed E-state index contributed by atoms with van der Waals surface area (Å²) in [5.74, 6) is -0.597. The number of imide groups is 1. The van der Waals surface area contributed by atoms with Crippen LogP contribution < -0.4 is 15.4 Å². The molecule has 0 spiro atoms. The van der Waals surface area contributed by atoms with Crippen LogP contribution in [0.4, 0.5) is 4.79 Å². The van der Waals surface area contributed by atoms with E-state index in [1.54, 1.807) is 0 Å². The van der Waals surface area contributed by atoms with Crippen molar-refractivity contribution in [3.63, 3.8) is 0 Å². The van der Waals surface area contributed by atoms with Crippen molar-refractivity contribution in [3.05, 3.63) is 23.2 Å². The number of ether oxygens (including phenoxy) is 1. The van der Waals surface area contributed by atoms with Crippen LogP contribution >= 0.6 is 22.3 Å². The third-order valence-corrected chi connectivity index (χ3v) is 3.97. The van der Waals surface area contributed by atoms with E-state index in [1.807, 2.05) is 5.32 Å². The van der Waals surface area contributed by atoms with E-state index < -0.39 is 27.1 Å². The van der Waals surface area contributed by atoms with E-state index in [0.29, 0.717) is 0 Å². The zero-order valence-corrected chi connectivity index (χ0v) is 13.3. The molecule has 0 heterocycles. The average molecular weight is 355 g/mol. The van der Waals surface area contributed by atoms with E-state index >= 15 is 0 Å². The van der Waals surface area contributed by atoms with Crippen molar-refractivity contribution in [2.45, 2.75) is 17.9 Å². The zero-order chi connectivity index (χ0) is 16.2. The van der Waals surface area contributed by atoms with Crippen molar-refractivity contribution in [1.29, 1.82) is 0 Å². The number of carbonyl (C=O) groups excluding carboxylic acids is 2. The summed E-state index contributed by atoms with van der Waals surface area (Å²) in [6, 6.07) is 2.88. The van der Waals surface area contributed by atoms with Crippen LogP contribution in [0.25, 0.3) is 0 Å². The molecule has 0 saturated carbocycles. The summed E-state index contributed by atoms with van der Waals surface area (Å²) in [6.07, 6.45) is -1.02. The van der Waals surface area contributed by atoms with E-state index in [0.717, 1.165) is 6.07 Å². The first-order valence-electron chi connectivity index (χ1n) is 5.58. The van der Waals surface area contributed by atoms with Crippen LogP contribution in [0.1, 0.15) is 6.92 Å². The van der Waals surface area contributed by atoms with Crippen molar-refractivity contribution >= 4 is 43.3 Å². The quantitative estimate of drug-likeness (QED) is 0.797. The van der Waals surface area contributed by atoms with Crippen LogP contribution in [0.15, 0.2) is 23.1 Å². The largest absolute Gasteiger partial charge is 0.479 e. The molecule has 1 rings (SSSR count). The van der Waals surface area contributed by atoms with Crippen LogP contribution in [0, 0.1) is 0 Å². The van der Waals surface area contributed by atoms with Gasteiger partial charge in [-0.15, -0.1) is 0 Å². The number of nitrogens with one attached hydrogen (secondary N) is 2. The van der Waals surface area contributed by atoms with Gasteiger partial charge < -0.3 is 10.1 Å². The van der Waals surface area contributed by atoms with Gasteiger partial charge >= 0.3 is 6.03 Å². The van der Waals surface area contributed by atoms with Crippen LogP contribution in [-0.4, -0.2) is 33.5 Å². The molecule has 2 N–H and O–H groups in total. The monoisotopic (exact) mass is 354 g/mol. The number of halogens is 2. The topological polar surface area (TPSA) is 102 Å². The predicted molar refractivity (Wildman–Crippen MR) is 77.2 cm³/mol. The number of amides is 3. The number of rotatable bonds is 4. The highest BCUT2D eigenvalue weighted by molar-refractivity contribution is 8.13. The smallest absolute Gasteiger partial charge is 0.321 e. The molecule has 1 aromatic carbocycles. The van der Waals surface area contributed by atoms with Crippen LogP contribution in [0.2, 0.25) is 5.02 Å². The van der Waals surface area contributed by atoms with Gasteiger partial charge in [0.2, 0.25) is 0 Å². The maximum Gasteiger partial charge on any atom is 0.321 e. The third kappa shape index (κ3) is 5.07. The Morgan fingerprint density at radius 2 is 1.95 bits per heavy atom. The Balaban J connectivity index is 2.84. The van der Waals surface area contributed by atoms with Crippen molar-refractivity contribution in [3.8, 4) is 5.75 Å². The minimum atomic E-state index is -3.91. The van der Waals surface area contributed by atoms with Crippen molar-refractivity contribution in [2.75, 3.05) is 7.05 Å². The third-order valence-electron chi connectivity index (χ3n) is 2.32. The van der Waals surface area contributed by atoms with Gasteiger partial charge in [-0.3, -0.25) is 10.1 Å². The molecular weight excluding hydrogens is 343 g/mol. The average Bonchev–Trinajstić information content (AvgIpc) is 2.39. The molecule has 116 valence electrons. The molecule has 0 bridgehead atoms. The SMILES string of the molecule is CNC(=O)NC(=O)C(C)Oc1ccc(S(=O)(=O)Cl)cc1Cl. The summed E-state index contributed by atoms with van der Waals surface area (Å²) in [4.78, 5) is 22.4. The lowest BCUT2D eigenvalue weighted by Gasteiger charge is -2.15. The second kappa shape index (κ2) is 6.97. The highest BCUT2D eigenvalue weighted by Crippen LogP contribution is 2.29. The van der Waals surface area contributed by atoms with Crippen molar-refractivity contribution in [2.24, 2.45) is 0 Å². The maximum atomic E-state index is 11.6. The first-order chi connectivity index (χ1) is 9.65. The summed E-state index contributed by atoms with van der Waals surface area (Å²) in [7, 11) is 2.63. The Morgan fingerprint density at radius 3 is 2.43 bits per heavy atom. The molecule has 1 aromatic rings. The minimum Gasteiger partial charge on any atom is -0.479 e. The summed E-state index contributed by atoms with van der Waals surface area (Å²) in [5, 5.41) is 4.22. The van der Waals surface area contributed by atoms with Gasteiger partial charge in [-0.2, -0.15) is 0 Å². The number of hydrogen-bond donors (Lipinski definition) is 2. The van der Waals surface area contributed by atoms with E-state index in [9.17, 15) is 18.0 Å². The Labute approximate surface area is 131 Å². The molecule has 0 aliphatic carbocycles. The van der Waals surface area contributed by atoms with Gasteiger partial charge in [0.1, 0.15) is 5.75 Å². The summed E-state index contributed by atoms with van der Waals surface area (Å²) in [5.41, 5.74) is 0. The molecule has 1 unspecified atom stereocenters. The highest BCUT2D eigenvalue weighted by Gasteiger charge is 2.19. The van der Waals surface area contributed by atoms with E-state index in [4.69, 9.17) is 27.0 Å². The number of carbonyl (C=O) groups is 2. The van der Waals surface area contributed by atoms with Gasteiger partial charge in [-0.05, 0) is 25.1 Å². The fourth-order valence-corrected chi connectivity index (χ4v) is 2.32. The molecule has 0 aromatic heterocycles. The molecule has 21 heavy (non-hydrogen) atoms. The van der Waals surface area contributed by atoms with Crippen LogP contribution in [0.5, 0.6) is 5.75 Å². The molecule has 0 aliphatic heterocycles. The minimum absolute atomic E-state index is 0.0312. The number of hydrogen-bond acceptors (Lipinski definition) is 5. The number of benzene rings is 1. The van der Waals surface area contributed by atoms with Gasteiger partial charge in [-0.1, -0.05) is 11.6 Å². The first-order valence-corrected chi connectivity index (χ1v) is 8.27. The Kier molecular flexibility index (Phi) is 5.82. The maximum absolute atomic E-state index is 11.6. The van der Waals surface area contributed by atoms with Crippen LogP contribution in [-0.2, 0) is 13.8 Å². The molecule has 0 radical (unpaired) electrons. The summed E-state index contributed by atoms with van der Waals surface area (Å²) < 4.78 is 27.5. The summed E-state index contributed by atoms with van der Waals surface area (Å²) >= 11 is 5.86. The lowest BCUT2D eigenvalue weighted by Crippen LogP contribution is -2.43. The zero-order valence-electron chi connectivity index (χ0n) is 11.0.